The predicted octanol–water partition coefficient (Wildman–Crippen LogP) is 7.04. The van der Waals surface area contributed by atoms with Gasteiger partial charge in [-0.05, 0) is 100 Å². The molecule has 2 heterocycles. The number of ether oxygens (including phenoxy) is 5. The van der Waals surface area contributed by atoms with E-state index in [9.17, 15) is 19.2 Å². The molecule has 1 saturated heterocycles. The van der Waals surface area contributed by atoms with Gasteiger partial charge in [-0.3, -0.25) is 9.59 Å². The Kier molecular flexibility index (Phi) is 12.4. The van der Waals surface area contributed by atoms with Gasteiger partial charge >= 0.3 is 12.2 Å². The number of methoxy groups -OCH3 is 1. The number of hydrogen-bond donors (Lipinski definition) is 0. The topological polar surface area (TPSA) is 124 Å². The van der Waals surface area contributed by atoms with Crippen molar-refractivity contribution < 1.29 is 42.9 Å². The zero-order valence-corrected chi connectivity index (χ0v) is 30.9. The van der Waals surface area contributed by atoms with E-state index in [1.54, 1.807) is 46.9 Å². The Bertz CT molecular complexity index is 1740. The van der Waals surface area contributed by atoms with Gasteiger partial charge in [-0.25, -0.2) is 9.59 Å². The Balaban J connectivity index is 1.46. The summed E-state index contributed by atoms with van der Waals surface area (Å²) in [6.07, 6.45) is -0.0230. The van der Waals surface area contributed by atoms with Crippen LogP contribution < -0.4 is 19.3 Å². The first-order chi connectivity index (χ1) is 24.9. The largest absolute Gasteiger partial charge is 0.513 e. The van der Waals surface area contributed by atoms with Crippen LogP contribution in [0.4, 0.5) is 21.0 Å². The molecule has 12 heteroatoms. The van der Waals surface area contributed by atoms with Crippen LogP contribution in [0.15, 0.2) is 66.7 Å². The molecule has 278 valence electrons. The van der Waals surface area contributed by atoms with E-state index >= 15 is 0 Å². The van der Waals surface area contributed by atoms with Crippen molar-refractivity contribution in [2.24, 2.45) is 5.92 Å². The van der Waals surface area contributed by atoms with Crippen molar-refractivity contribution in [3.63, 3.8) is 0 Å². The molecule has 2 atom stereocenters. The summed E-state index contributed by atoms with van der Waals surface area (Å²) in [5.41, 5.74) is 3.36. The standard InChI is InChI=1S/C40H49N3O9/c1-7-42(30-15-18-35-34(24-30)43(20-10-22-48-6)36(44)26-50-35)37(45)33-25-41(38(46)52-40(3,4)5)21-19-32(33)29-12-9-11-28(23-29)27-13-16-31(17-14-27)51-39(47)49-8-2/h9,11-18,23-24,32-33H,7-8,10,19-22,25-26H2,1-6H3/t32-,33+/m1/s1. The second-order valence-electron chi connectivity index (χ2n) is 13.8. The molecule has 0 saturated carbocycles. The molecule has 12 nitrogen and oxygen atoms in total. The molecule has 3 amide bonds. The van der Waals surface area contributed by atoms with Crippen LogP contribution in [0.1, 0.15) is 58.9 Å². The summed E-state index contributed by atoms with van der Waals surface area (Å²) in [4.78, 5) is 57.8. The van der Waals surface area contributed by atoms with E-state index in [0.29, 0.717) is 62.0 Å². The summed E-state index contributed by atoms with van der Waals surface area (Å²) in [5, 5.41) is 0. The van der Waals surface area contributed by atoms with Crippen LogP contribution in [0.2, 0.25) is 0 Å². The number of likely N-dealkylation sites (tertiary alicyclic amines) is 1. The number of carbonyl (C=O) groups is 4. The van der Waals surface area contributed by atoms with Crippen LogP contribution in [-0.2, 0) is 23.8 Å². The Morgan fingerprint density at radius 2 is 1.75 bits per heavy atom. The number of amides is 3. The summed E-state index contributed by atoms with van der Waals surface area (Å²) >= 11 is 0. The number of carbonyl (C=O) groups excluding carboxylic acids is 4. The fourth-order valence-corrected chi connectivity index (χ4v) is 6.64. The van der Waals surface area contributed by atoms with Crippen molar-refractivity contribution in [3.8, 4) is 22.6 Å². The lowest BCUT2D eigenvalue weighted by atomic mass is 9.79. The molecule has 2 aliphatic rings. The van der Waals surface area contributed by atoms with Gasteiger partial charge in [0.2, 0.25) is 5.91 Å². The van der Waals surface area contributed by atoms with Gasteiger partial charge in [-0.2, -0.15) is 0 Å². The number of fused-ring (bicyclic) bond motifs is 1. The van der Waals surface area contributed by atoms with E-state index in [1.807, 2.05) is 70.2 Å². The first-order valence-electron chi connectivity index (χ1n) is 17.8. The van der Waals surface area contributed by atoms with Crippen LogP contribution in [0.25, 0.3) is 11.1 Å². The van der Waals surface area contributed by atoms with Crippen LogP contribution in [0.3, 0.4) is 0 Å². The third kappa shape index (κ3) is 9.22. The van der Waals surface area contributed by atoms with Crippen LogP contribution in [0.5, 0.6) is 11.5 Å². The van der Waals surface area contributed by atoms with Crippen molar-refractivity contribution in [1.82, 2.24) is 4.90 Å². The molecule has 3 aromatic rings. The highest BCUT2D eigenvalue weighted by Gasteiger charge is 2.40. The Hall–Kier alpha value is -5.10. The highest BCUT2D eigenvalue weighted by Crippen LogP contribution is 2.40. The molecule has 0 aliphatic carbocycles. The SMILES string of the molecule is CCOC(=O)Oc1ccc(-c2cccc([C@H]3CCN(C(=O)OC(C)(C)C)C[C@@H]3C(=O)N(CC)c3ccc4c(c3)N(CCCOC)C(=O)CO4)c2)cc1. The molecule has 0 N–H and O–H groups in total. The van der Waals surface area contributed by atoms with Gasteiger partial charge in [0.1, 0.15) is 17.1 Å². The zero-order valence-electron chi connectivity index (χ0n) is 30.9. The Labute approximate surface area is 305 Å². The predicted molar refractivity (Wildman–Crippen MR) is 197 cm³/mol. The van der Waals surface area contributed by atoms with Crippen molar-refractivity contribution in [1.29, 1.82) is 0 Å². The van der Waals surface area contributed by atoms with Gasteiger partial charge in [0.05, 0.1) is 18.2 Å². The monoisotopic (exact) mass is 715 g/mol. The molecule has 1 fully saturated rings. The second kappa shape index (κ2) is 16.9. The molecule has 0 spiro atoms. The van der Waals surface area contributed by atoms with Crippen LogP contribution >= 0.6 is 0 Å². The zero-order chi connectivity index (χ0) is 37.4. The molecule has 5 rings (SSSR count). The first-order valence-corrected chi connectivity index (χ1v) is 17.8. The number of benzene rings is 3. The Morgan fingerprint density at radius 1 is 0.981 bits per heavy atom. The second-order valence-corrected chi connectivity index (χ2v) is 13.8. The van der Waals surface area contributed by atoms with Crippen molar-refractivity contribution in [3.05, 3.63) is 72.3 Å². The van der Waals surface area contributed by atoms with Gasteiger partial charge in [0.25, 0.3) is 5.91 Å². The fourth-order valence-electron chi connectivity index (χ4n) is 6.64. The fraction of sp³-hybridized carbons (Fsp3) is 0.450. The minimum atomic E-state index is -0.761. The third-order valence-electron chi connectivity index (χ3n) is 9.06. The summed E-state index contributed by atoms with van der Waals surface area (Å²) in [6.45, 7) is 11.2. The molecule has 0 radical (unpaired) electrons. The van der Waals surface area contributed by atoms with Gasteiger partial charge in [-0.1, -0.05) is 36.4 Å². The average Bonchev–Trinajstić information content (AvgIpc) is 3.12. The van der Waals surface area contributed by atoms with E-state index in [2.05, 4.69) is 6.07 Å². The third-order valence-corrected chi connectivity index (χ3v) is 9.06. The smallest absolute Gasteiger partial charge is 0.482 e. The first kappa shape index (κ1) is 38.1. The molecule has 52 heavy (non-hydrogen) atoms. The molecule has 0 unspecified atom stereocenters. The van der Waals surface area contributed by atoms with Crippen molar-refractivity contribution in [2.75, 3.05) is 62.9 Å². The maximum Gasteiger partial charge on any atom is 0.513 e. The molecular formula is C40H49N3O9. The molecule has 2 aliphatic heterocycles. The number of nitrogens with zero attached hydrogens (tertiary/aromatic N) is 3. The maximum absolute atomic E-state index is 14.8. The van der Waals surface area contributed by atoms with Gasteiger partial charge in [-0.15, -0.1) is 0 Å². The number of anilines is 2. The van der Waals surface area contributed by atoms with Crippen molar-refractivity contribution >= 4 is 35.4 Å². The van der Waals surface area contributed by atoms with E-state index in [0.717, 1.165) is 16.7 Å². The van der Waals surface area contributed by atoms with E-state index in [-0.39, 0.29) is 37.5 Å². The molecular weight excluding hydrogens is 666 g/mol. The van der Waals surface area contributed by atoms with Gasteiger partial charge < -0.3 is 38.4 Å². The van der Waals surface area contributed by atoms with Crippen molar-refractivity contribution in [2.45, 2.75) is 59.0 Å². The summed E-state index contributed by atoms with van der Waals surface area (Å²) in [5.74, 6) is -0.150. The highest BCUT2D eigenvalue weighted by atomic mass is 16.7. The lowest BCUT2D eigenvalue weighted by Crippen LogP contribution is -2.51. The molecule has 3 aromatic carbocycles. The minimum Gasteiger partial charge on any atom is -0.482 e. The summed E-state index contributed by atoms with van der Waals surface area (Å²) in [7, 11) is 1.62. The summed E-state index contributed by atoms with van der Waals surface area (Å²) in [6, 6.07) is 20.7. The maximum atomic E-state index is 14.8. The van der Waals surface area contributed by atoms with Gasteiger partial charge in [0, 0.05) is 45.6 Å². The molecule has 0 aromatic heterocycles. The van der Waals surface area contributed by atoms with Gasteiger partial charge in [0.15, 0.2) is 6.61 Å². The number of piperidine rings is 1. The summed E-state index contributed by atoms with van der Waals surface area (Å²) < 4.78 is 26.8. The van der Waals surface area contributed by atoms with Crippen LogP contribution in [0, 0.1) is 5.92 Å². The number of hydrogen-bond acceptors (Lipinski definition) is 9. The lowest BCUT2D eigenvalue weighted by Gasteiger charge is -2.40. The van der Waals surface area contributed by atoms with E-state index in [4.69, 9.17) is 23.7 Å². The molecule has 0 bridgehead atoms. The minimum absolute atomic E-state index is 0.0510. The van der Waals surface area contributed by atoms with E-state index in [1.165, 1.54) is 0 Å². The lowest BCUT2D eigenvalue weighted by molar-refractivity contribution is -0.124. The Morgan fingerprint density at radius 3 is 2.44 bits per heavy atom. The average molecular weight is 716 g/mol. The highest BCUT2D eigenvalue weighted by molar-refractivity contribution is 6.01. The van der Waals surface area contributed by atoms with Crippen LogP contribution in [-0.4, -0.2) is 87.7 Å². The number of rotatable bonds is 11. The normalized spacial score (nSPS) is 17.2. The quantitative estimate of drug-likeness (QED) is 0.117. The van der Waals surface area contributed by atoms with E-state index < -0.39 is 23.8 Å².